The molecule has 0 N–H and O–H groups in total. The summed E-state index contributed by atoms with van der Waals surface area (Å²) in [5, 5.41) is 0. The van der Waals surface area contributed by atoms with Crippen molar-refractivity contribution in [1.82, 2.24) is 0 Å². The highest BCUT2D eigenvalue weighted by Gasteiger charge is 2.29. The molecule has 4 heteroatoms. The van der Waals surface area contributed by atoms with Crippen LogP contribution in [0.5, 0.6) is 0 Å². The Balaban J connectivity index is 0.000000196. The number of hydrogen-bond donors (Lipinski definition) is 0. The third-order valence-corrected chi connectivity index (χ3v) is 4.38. The number of hydrogen-bond acceptors (Lipinski definition) is 1. The maximum absolute atomic E-state index is 11.8. The van der Waals surface area contributed by atoms with Crippen molar-refractivity contribution in [2.24, 2.45) is 0 Å². The summed E-state index contributed by atoms with van der Waals surface area (Å²) in [6.45, 7) is 6.97. The average Bonchev–Trinajstić information content (AvgIpc) is 2.63. The molecule has 1 nitrogen and oxygen atoms in total. The van der Waals surface area contributed by atoms with E-state index < -0.39 is 11.7 Å². The summed E-state index contributed by atoms with van der Waals surface area (Å²) >= 11 is 0. The van der Waals surface area contributed by atoms with Crippen LogP contribution in [0, 0.1) is 0 Å². The third kappa shape index (κ3) is 6.11. The highest BCUT2D eigenvalue weighted by atomic mass is 19.4. The minimum Gasteiger partial charge on any atom is -0.372 e. The van der Waals surface area contributed by atoms with Crippen molar-refractivity contribution in [1.29, 1.82) is 0 Å². The fourth-order valence-corrected chi connectivity index (χ4v) is 2.85. The smallest absolute Gasteiger partial charge is 0.372 e. The Morgan fingerprint density at radius 1 is 0.800 bits per heavy atom. The average molecular weight is 349 g/mol. The van der Waals surface area contributed by atoms with Crippen LogP contribution in [0.4, 0.5) is 18.9 Å². The zero-order chi connectivity index (χ0) is 18.3. The molecule has 0 bridgehead atoms. The molecule has 136 valence electrons. The van der Waals surface area contributed by atoms with Gasteiger partial charge in [0.25, 0.3) is 0 Å². The van der Waals surface area contributed by atoms with Crippen molar-refractivity contribution in [2.45, 2.75) is 45.2 Å². The zero-order valence-corrected chi connectivity index (χ0v) is 14.9. The number of piperidine rings is 1. The number of anilines is 1. The van der Waals surface area contributed by atoms with Crippen molar-refractivity contribution in [3.63, 3.8) is 0 Å². The molecular weight excluding hydrogens is 323 g/mol. The first-order valence-electron chi connectivity index (χ1n) is 8.85. The Hall–Kier alpha value is -1.97. The fourth-order valence-electron chi connectivity index (χ4n) is 2.85. The molecule has 1 heterocycles. The van der Waals surface area contributed by atoms with Crippen LogP contribution in [0.3, 0.4) is 0 Å². The second-order valence-electron chi connectivity index (χ2n) is 6.66. The third-order valence-electron chi connectivity index (χ3n) is 4.38. The molecule has 25 heavy (non-hydrogen) atoms. The van der Waals surface area contributed by atoms with E-state index in [9.17, 15) is 13.2 Å². The van der Waals surface area contributed by atoms with Gasteiger partial charge < -0.3 is 4.90 Å². The number of alkyl halides is 3. The van der Waals surface area contributed by atoms with Gasteiger partial charge in [0, 0.05) is 18.8 Å². The summed E-state index contributed by atoms with van der Waals surface area (Å²) < 4.78 is 35.4. The predicted molar refractivity (Wildman–Crippen MR) is 98.0 cm³/mol. The fraction of sp³-hybridized carbons (Fsp3) is 0.429. The lowest BCUT2D eigenvalue weighted by Gasteiger charge is -2.29. The van der Waals surface area contributed by atoms with E-state index in [-0.39, 0.29) is 0 Å². The highest BCUT2D eigenvalue weighted by molar-refractivity contribution is 5.48. The summed E-state index contributed by atoms with van der Waals surface area (Å²) in [5.74, 6) is 0.639. The second-order valence-corrected chi connectivity index (χ2v) is 6.66. The Morgan fingerprint density at radius 2 is 1.36 bits per heavy atom. The van der Waals surface area contributed by atoms with Gasteiger partial charge in [0.05, 0.1) is 5.56 Å². The Kier molecular flexibility index (Phi) is 6.91. The molecule has 0 aromatic heterocycles. The summed E-state index contributed by atoms with van der Waals surface area (Å²) in [5.41, 5.74) is 2.24. The monoisotopic (exact) mass is 349 g/mol. The van der Waals surface area contributed by atoms with Crippen molar-refractivity contribution in [2.75, 3.05) is 18.0 Å². The molecule has 0 saturated carbocycles. The minimum absolute atomic E-state index is 0.602. The first kappa shape index (κ1) is 19.4. The van der Waals surface area contributed by atoms with Crippen LogP contribution >= 0.6 is 0 Å². The normalized spacial score (nSPS) is 14.9. The molecule has 1 saturated heterocycles. The van der Waals surface area contributed by atoms with E-state index in [1.165, 1.54) is 55.7 Å². The van der Waals surface area contributed by atoms with Gasteiger partial charge in [-0.1, -0.05) is 56.3 Å². The van der Waals surface area contributed by atoms with Gasteiger partial charge in [-0.25, -0.2) is 0 Å². The first-order valence-corrected chi connectivity index (χ1v) is 8.85. The lowest BCUT2D eigenvalue weighted by Crippen LogP contribution is -2.29. The minimum atomic E-state index is -4.21. The zero-order valence-electron chi connectivity index (χ0n) is 14.9. The lowest BCUT2D eigenvalue weighted by atomic mass is 10.0. The summed E-state index contributed by atoms with van der Waals surface area (Å²) in [7, 11) is 0. The quantitative estimate of drug-likeness (QED) is 0.598. The first-order chi connectivity index (χ1) is 11.9. The molecule has 1 fully saturated rings. The van der Waals surface area contributed by atoms with Crippen molar-refractivity contribution >= 4 is 5.69 Å². The molecular formula is C21H26F3N. The van der Waals surface area contributed by atoms with Gasteiger partial charge in [-0.3, -0.25) is 0 Å². The second kappa shape index (κ2) is 8.93. The van der Waals surface area contributed by atoms with Gasteiger partial charge in [-0.05, 0) is 42.9 Å². The van der Waals surface area contributed by atoms with E-state index in [2.05, 4.69) is 43.0 Å². The molecule has 0 unspecified atom stereocenters. The Labute approximate surface area is 148 Å². The van der Waals surface area contributed by atoms with Gasteiger partial charge in [-0.2, -0.15) is 13.2 Å². The highest BCUT2D eigenvalue weighted by Crippen LogP contribution is 2.28. The van der Waals surface area contributed by atoms with E-state index in [4.69, 9.17) is 0 Å². The van der Waals surface area contributed by atoms with Crippen LogP contribution in [0.1, 0.15) is 50.2 Å². The standard InChI is InChI=1S/C14H21N.C7H5F3/c1-12(2)13-6-8-14(9-7-13)15-10-4-3-5-11-15;8-7(9,10)6-4-2-1-3-5-6/h6-9,12H,3-5,10-11H2,1-2H3;1-5H. The van der Waals surface area contributed by atoms with Crippen LogP contribution in [0.15, 0.2) is 54.6 Å². The molecule has 2 aromatic carbocycles. The van der Waals surface area contributed by atoms with Gasteiger partial charge in [0.1, 0.15) is 0 Å². The molecule has 2 aromatic rings. The van der Waals surface area contributed by atoms with Gasteiger partial charge in [0.15, 0.2) is 0 Å². The van der Waals surface area contributed by atoms with Crippen molar-refractivity contribution in [3.05, 3.63) is 65.7 Å². The molecule has 1 aliphatic rings. The molecule has 0 aliphatic carbocycles. The number of halogens is 3. The topological polar surface area (TPSA) is 3.24 Å². The molecule has 3 rings (SSSR count). The van der Waals surface area contributed by atoms with Gasteiger partial charge in [-0.15, -0.1) is 0 Å². The van der Waals surface area contributed by atoms with Gasteiger partial charge in [0.2, 0.25) is 0 Å². The largest absolute Gasteiger partial charge is 0.416 e. The number of rotatable bonds is 2. The predicted octanol–water partition coefficient (Wildman–Crippen LogP) is 6.51. The Bertz CT molecular complexity index is 612. The SMILES string of the molecule is CC(C)c1ccc(N2CCCCC2)cc1.FC(F)(F)c1ccccc1. The molecule has 0 spiro atoms. The number of benzene rings is 2. The molecule has 0 radical (unpaired) electrons. The van der Waals surface area contributed by atoms with Crippen LogP contribution in [-0.4, -0.2) is 13.1 Å². The van der Waals surface area contributed by atoms with Crippen LogP contribution in [0.25, 0.3) is 0 Å². The van der Waals surface area contributed by atoms with Gasteiger partial charge >= 0.3 is 6.18 Å². The van der Waals surface area contributed by atoms with E-state index >= 15 is 0 Å². The summed E-state index contributed by atoms with van der Waals surface area (Å²) in [6, 6.07) is 15.5. The van der Waals surface area contributed by atoms with Crippen molar-refractivity contribution < 1.29 is 13.2 Å². The van der Waals surface area contributed by atoms with E-state index in [0.717, 1.165) is 12.1 Å². The van der Waals surface area contributed by atoms with Crippen LogP contribution in [0.2, 0.25) is 0 Å². The molecule has 0 amide bonds. The maximum atomic E-state index is 11.8. The Morgan fingerprint density at radius 3 is 1.80 bits per heavy atom. The van der Waals surface area contributed by atoms with E-state index in [1.807, 2.05) is 0 Å². The summed E-state index contributed by atoms with van der Waals surface area (Å²) in [6.07, 6.45) is -0.0975. The van der Waals surface area contributed by atoms with E-state index in [1.54, 1.807) is 6.07 Å². The van der Waals surface area contributed by atoms with Crippen LogP contribution in [-0.2, 0) is 6.18 Å². The van der Waals surface area contributed by atoms with Crippen molar-refractivity contribution in [3.8, 4) is 0 Å². The molecule has 1 aliphatic heterocycles. The molecule has 0 atom stereocenters. The number of nitrogens with zero attached hydrogens (tertiary/aromatic N) is 1. The summed E-state index contributed by atoms with van der Waals surface area (Å²) in [4.78, 5) is 2.51. The van der Waals surface area contributed by atoms with E-state index in [0.29, 0.717) is 5.92 Å². The van der Waals surface area contributed by atoms with Crippen LogP contribution < -0.4 is 4.90 Å². The lowest BCUT2D eigenvalue weighted by molar-refractivity contribution is -0.137. The maximum Gasteiger partial charge on any atom is 0.416 e.